The molecular weight excluding hydrogens is 502 g/mol. The first-order chi connectivity index (χ1) is 16.5. The van der Waals surface area contributed by atoms with Gasteiger partial charge in [0.1, 0.15) is 5.58 Å². The van der Waals surface area contributed by atoms with Crippen LogP contribution in [0.2, 0.25) is 0 Å². The molecule has 0 radical (unpaired) electrons. The van der Waals surface area contributed by atoms with Crippen LogP contribution >= 0.6 is 15.9 Å². The maximum Gasteiger partial charge on any atom is 0.290 e. The number of unbranched alkanes of at least 4 members (excludes halogenated alkanes) is 1. The molecule has 0 aliphatic carbocycles. The van der Waals surface area contributed by atoms with Gasteiger partial charge in [-0.1, -0.05) is 35.3 Å². The maximum absolute atomic E-state index is 13.6. The van der Waals surface area contributed by atoms with Gasteiger partial charge in [-0.05, 0) is 48.7 Å². The summed E-state index contributed by atoms with van der Waals surface area (Å²) in [5.41, 5.74) is 1.27. The number of halogens is 1. The molecule has 0 saturated carbocycles. The highest BCUT2D eigenvalue weighted by Crippen LogP contribution is 2.41. The number of carbonyl (C=O) groups is 1. The number of hydrogen-bond acceptors (Lipinski definition) is 6. The zero-order valence-electron chi connectivity index (χ0n) is 19.6. The topological polar surface area (TPSA) is 78.2 Å². The van der Waals surface area contributed by atoms with E-state index in [1.807, 2.05) is 18.2 Å². The number of rotatable bonds is 10. The average molecular weight is 530 g/mol. The second-order valence-electron chi connectivity index (χ2n) is 8.17. The van der Waals surface area contributed by atoms with Crippen molar-refractivity contribution in [3.8, 4) is 11.5 Å². The van der Waals surface area contributed by atoms with Crippen LogP contribution in [0.4, 0.5) is 0 Å². The van der Waals surface area contributed by atoms with Gasteiger partial charge in [0.25, 0.3) is 5.91 Å². The van der Waals surface area contributed by atoms with Crippen molar-refractivity contribution < 1.29 is 23.4 Å². The molecule has 0 bridgehead atoms. The lowest BCUT2D eigenvalue weighted by Crippen LogP contribution is -2.31. The van der Waals surface area contributed by atoms with E-state index in [4.69, 9.17) is 18.6 Å². The van der Waals surface area contributed by atoms with Gasteiger partial charge < -0.3 is 23.5 Å². The summed E-state index contributed by atoms with van der Waals surface area (Å²) in [6, 6.07) is 10.2. The Labute approximate surface area is 206 Å². The first kappa shape index (κ1) is 24.3. The molecule has 180 valence electrons. The third kappa shape index (κ3) is 4.57. The zero-order chi connectivity index (χ0) is 24.2. The molecule has 1 unspecified atom stereocenters. The number of methoxy groups -OCH3 is 2. The Kier molecular flexibility index (Phi) is 7.58. The van der Waals surface area contributed by atoms with Crippen molar-refractivity contribution in [3.05, 3.63) is 68.0 Å². The van der Waals surface area contributed by atoms with Gasteiger partial charge in [-0.2, -0.15) is 0 Å². The normalized spacial score (nSPS) is 15.1. The Morgan fingerprint density at radius 2 is 1.85 bits per heavy atom. The molecule has 4 rings (SSSR count). The smallest absolute Gasteiger partial charge is 0.290 e. The number of hydrogen-bond donors (Lipinski definition) is 0. The molecule has 2 heterocycles. The average Bonchev–Trinajstić information content (AvgIpc) is 3.12. The Morgan fingerprint density at radius 3 is 2.59 bits per heavy atom. The van der Waals surface area contributed by atoms with Crippen LogP contribution in [0.25, 0.3) is 11.0 Å². The fourth-order valence-electron chi connectivity index (χ4n) is 4.25. The monoisotopic (exact) mass is 529 g/mol. The minimum atomic E-state index is -0.599. The summed E-state index contributed by atoms with van der Waals surface area (Å²) in [6.45, 7) is 3.60. The van der Waals surface area contributed by atoms with Crippen LogP contribution < -0.4 is 14.9 Å². The predicted molar refractivity (Wildman–Crippen MR) is 133 cm³/mol. The molecular formula is C26H28BrNO6. The highest BCUT2D eigenvalue weighted by Gasteiger charge is 2.42. The van der Waals surface area contributed by atoms with Gasteiger partial charge in [-0.15, -0.1) is 0 Å². The van der Waals surface area contributed by atoms with Crippen LogP contribution in [0.3, 0.4) is 0 Å². The lowest BCUT2D eigenvalue weighted by Gasteiger charge is -2.25. The molecule has 1 aromatic heterocycles. The highest BCUT2D eigenvalue weighted by molar-refractivity contribution is 9.10. The van der Waals surface area contributed by atoms with Gasteiger partial charge in [-0.3, -0.25) is 9.59 Å². The maximum atomic E-state index is 13.6. The Hall–Kier alpha value is -2.84. The summed E-state index contributed by atoms with van der Waals surface area (Å²) in [5, 5.41) is 0.427. The van der Waals surface area contributed by atoms with Crippen LogP contribution in [0, 0.1) is 0 Å². The molecule has 1 aliphatic rings. The Balaban J connectivity index is 1.84. The lowest BCUT2D eigenvalue weighted by molar-refractivity contribution is 0.0707. The van der Waals surface area contributed by atoms with Gasteiger partial charge in [0.05, 0.1) is 30.7 Å². The van der Waals surface area contributed by atoms with E-state index >= 15 is 0 Å². The predicted octanol–water partition coefficient (Wildman–Crippen LogP) is 5.32. The molecule has 0 fully saturated rings. The first-order valence-electron chi connectivity index (χ1n) is 11.4. The Morgan fingerprint density at radius 1 is 1.03 bits per heavy atom. The van der Waals surface area contributed by atoms with Crippen molar-refractivity contribution in [1.29, 1.82) is 0 Å². The third-order valence-corrected chi connectivity index (χ3v) is 6.43. The number of nitrogens with zero attached hydrogens (tertiary/aromatic N) is 1. The summed E-state index contributed by atoms with van der Waals surface area (Å²) >= 11 is 3.42. The summed E-state index contributed by atoms with van der Waals surface area (Å²) < 4.78 is 23.4. The van der Waals surface area contributed by atoms with E-state index in [0.717, 1.165) is 22.9 Å². The van der Waals surface area contributed by atoms with E-state index < -0.39 is 6.04 Å². The van der Waals surface area contributed by atoms with Crippen LogP contribution in [0.5, 0.6) is 11.5 Å². The minimum absolute atomic E-state index is 0.0875. The molecule has 3 aromatic rings. The van der Waals surface area contributed by atoms with E-state index in [1.165, 1.54) is 0 Å². The number of amides is 1. The van der Waals surface area contributed by atoms with Crippen LogP contribution in [0.1, 0.15) is 53.9 Å². The Bertz CT molecular complexity index is 1250. The van der Waals surface area contributed by atoms with Crippen molar-refractivity contribution >= 4 is 32.8 Å². The number of ether oxygens (including phenoxy) is 3. The second kappa shape index (κ2) is 10.6. The van der Waals surface area contributed by atoms with Gasteiger partial charge >= 0.3 is 0 Å². The van der Waals surface area contributed by atoms with E-state index in [1.54, 1.807) is 37.3 Å². The summed E-state index contributed by atoms with van der Waals surface area (Å²) in [6.07, 6.45) is 2.59. The molecule has 1 amide bonds. The number of fused-ring (bicyclic) bond motifs is 2. The standard InChI is InChI=1S/C26H28BrNO6/c1-4-5-13-33-20-9-7-16(14-21(20)32-3)23-22-24(29)18-15-17(27)8-10-19(18)34-25(22)26(30)28(23)11-6-12-31-2/h7-10,14-15,23H,4-6,11-13H2,1-3H3. The zero-order valence-corrected chi connectivity index (χ0v) is 21.1. The van der Waals surface area contributed by atoms with Crippen molar-refractivity contribution in [2.45, 2.75) is 32.2 Å². The van der Waals surface area contributed by atoms with Gasteiger partial charge in [0.15, 0.2) is 16.9 Å². The number of benzene rings is 2. The van der Waals surface area contributed by atoms with Crippen LogP contribution in [-0.4, -0.2) is 44.8 Å². The van der Waals surface area contributed by atoms with Gasteiger partial charge in [0, 0.05) is 24.7 Å². The van der Waals surface area contributed by atoms with E-state index in [0.29, 0.717) is 54.2 Å². The first-order valence-corrected chi connectivity index (χ1v) is 12.2. The molecule has 1 atom stereocenters. The summed E-state index contributed by atoms with van der Waals surface area (Å²) in [4.78, 5) is 28.7. The van der Waals surface area contributed by atoms with Crippen LogP contribution in [-0.2, 0) is 4.74 Å². The lowest BCUT2D eigenvalue weighted by atomic mass is 9.98. The highest BCUT2D eigenvalue weighted by atomic mass is 79.9. The van der Waals surface area contributed by atoms with E-state index in [-0.39, 0.29) is 17.1 Å². The van der Waals surface area contributed by atoms with Crippen LogP contribution in [0.15, 0.2) is 50.1 Å². The molecule has 0 N–H and O–H groups in total. The van der Waals surface area contributed by atoms with Crippen molar-refractivity contribution in [2.24, 2.45) is 0 Å². The largest absolute Gasteiger partial charge is 0.493 e. The van der Waals surface area contributed by atoms with Crippen molar-refractivity contribution in [1.82, 2.24) is 4.90 Å². The van der Waals surface area contributed by atoms with Gasteiger partial charge in [-0.25, -0.2) is 0 Å². The molecule has 8 heteroatoms. The summed E-state index contributed by atoms with van der Waals surface area (Å²) in [5.74, 6) is 0.966. The van der Waals surface area contributed by atoms with E-state index in [9.17, 15) is 9.59 Å². The second-order valence-corrected chi connectivity index (χ2v) is 9.09. The fraction of sp³-hybridized carbons (Fsp3) is 0.385. The molecule has 0 saturated heterocycles. The third-order valence-electron chi connectivity index (χ3n) is 5.93. The molecule has 0 spiro atoms. The summed E-state index contributed by atoms with van der Waals surface area (Å²) in [7, 11) is 3.20. The quantitative estimate of drug-likeness (QED) is 0.330. The molecule has 7 nitrogen and oxygen atoms in total. The minimum Gasteiger partial charge on any atom is -0.493 e. The van der Waals surface area contributed by atoms with Crippen molar-refractivity contribution in [3.63, 3.8) is 0 Å². The SMILES string of the molecule is CCCCOc1ccc(C2c3c(oc4ccc(Br)cc4c3=O)C(=O)N2CCCOC)cc1OC. The molecule has 1 aliphatic heterocycles. The number of carbonyl (C=O) groups excluding carboxylic acids is 1. The van der Waals surface area contributed by atoms with E-state index in [2.05, 4.69) is 22.9 Å². The van der Waals surface area contributed by atoms with Gasteiger partial charge in [0.2, 0.25) is 5.76 Å². The molecule has 2 aromatic carbocycles. The molecule has 34 heavy (non-hydrogen) atoms. The van der Waals surface area contributed by atoms with Crippen molar-refractivity contribution in [2.75, 3.05) is 34.0 Å². The fourth-order valence-corrected chi connectivity index (χ4v) is 4.61.